The van der Waals surface area contributed by atoms with Gasteiger partial charge in [0.1, 0.15) is 0 Å². The topological polar surface area (TPSA) is 60.4 Å². The Balaban J connectivity index is 0. The summed E-state index contributed by atoms with van der Waals surface area (Å²) in [6.45, 7) is 4.16. The van der Waals surface area contributed by atoms with E-state index >= 15 is 0 Å². The molecule has 0 saturated heterocycles. The van der Waals surface area contributed by atoms with Gasteiger partial charge in [0.05, 0.1) is 12.5 Å². The van der Waals surface area contributed by atoms with Crippen LogP contribution < -0.4 is 56.5 Å². The Labute approximate surface area is 172 Å². The molecule has 0 spiro atoms. The summed E-state index contributed by atoms with van der Waals surface area (Å²) in [4.78, 5) is 23.6. The van der Waals surface area contributed by atoms with Gasteiger partial charge in [-0.2, -0.15) is 0 Å². The van der Waals surface area contributed by atoms with E-state index in [1.54, 1.807) is 6.92 Å². The van der Waals surface area contributed by atoms with E-state index in [9.17, 15) is 14.7 Å². The zero-order valence-corrected chi connectivity index (χ0v) is 17.3. The molecule has 0 aliphatic carbocycles. The number of rotatable bonds is 13. The van der Waals surface area contributed by atoms with Crippen molar-refractivity contribution in [1.82, 2.24) is 4.90 Å². The Hall–Kier alpha value is 0.576. The van der Waals surface area contributed by atoms with Crippen molar-refractivity contribution in [3.05, 3.63) is 0 Å². The molecule has 0 aromatic rings. The molecule has 0 atom stereocenters. The van der Waals surface area contributed by atoms with Gasteiger partial charge in [-0.05, 0) is 13.3 Å². The summed E-state index contributed by atoms with van der Waals surface area (Å²) < 4.78 is 0. The Morgan fingerprint density at radius 3 is 1.76 bits per heavy atom. The first kappa shape index (κ1) is 23.8. The maximum absolute atomic E-state index is 11.8. The van der Waals surface area contributed by atoms with Crippen molar-refractivity contribution in [3.63, 3.8) is 0 Å². The van der Waals surface area contributed by atoms with Crippen molar-refractivity contribution in [2.45, 2.75) is 78.1 Å². The third kappa shape index (κ3) is 15.3. The van der Waals surface area contributed by atoms with Gasteiger partial charge in [0.25, 0.3) is 0 Å². The van der Waals surface area contributed by atoms with Crippen LogP contribution in [0.4, 0.5) is 0 Å². The number of carboxylic acids is 1. The summed E-state index contributed by atoms with van der Waals surface area (Å²) in [7, 11) is 0. The van der Waals surface area contributed by atoms with Crippen molar-refractivity contribution >= 4 is 11.9 Å². The molecule has 4 nitrogen and oxygen atoms in total. The van der Waals surface area contributed by atoms with E-state index in [2.05, 4.69) is 6.92 Å². The number of hydrogen-bond donors (Lipinski definition) is 0. The number of carboxylic acid groups (broad SMARTS) is 1. The molecule has 0 aliphatic heterocycles. The molecule has 0 saturated carbocycles. The normalized spacial score (nSPS) is 10.0. The number of carbonyl (C=O) groups is 2. The van der Waals surface area contributed by atoms with E-state index in [0.29, 0.717) is 13.0 Å². The van der Waals surface area contributed by atoms with Crippen LogP contribution in [0.2, 0.25) is 0 Å². The van der Waals surface area contributed by atoms with Gasteiger partial charge in [0, 0.05) is 13.0 Å². The van der Waals surface area contributed by atoms with Gasteiger partial charge >= 0.3 is 51.4 Å². The fraction of sp³-hybridized carbons (Fsp3) is 0.875. The van der Waals surface area contributed by atoms with E-state index in [1.807, 2.05) is 0 Å². The van der Waals surface area contributed by atoms with Gasteiger partial charge in [-0.1, -0.05) is 58.3 Å². The third-order valence-corrected chi connectivity index (χ3v) is 3.55. The molecule has 0 unspecified atom stereocenters. The number of nitrogens with zero attached hydrogens (tertiary/aromatic N) is 1. The van der Waals surface area contributed by atoms with E-state index in [1.165, 1.54) is 49.8 Å². The molecule has 0 bridgehead atoms. The zero-order valence-electron chi connectivity index (χ0n) is 14.2. The molecule has 0 rings (SSSR count). The second-order valence-electron chi connectivity index (χ2n) is 5.36. The standard InChI is InChI=1S/C16H31NO3.K/c1-3-5-6-7-8-9-10-11-12-13-15(18)17(4-2)14-16(19)20;/h3-14H2,1-2H3,(H,19,20);/q;+1/p-1. The molecule has 0 heterocycles. The van der Waals surface area contributed by atoms with Crippen molar-refractivity contribution in [3.8, 4) is 0 Å². The van der Waals surface area contributed by atoms with Crippen molar-refractivity contribution in [2.24, 2.45) is 0 Å². The number of unbranched alkanes of at least 4 members (excludes halogenated alkanes) is 8. The van der Waals surface area contributed by atoms with Crippen LogP contribution >= 0.6 is 0 Å². The maximum atomic E-state index is 11.8. The maximum Gasteiger partial charge on any atom is 1.00 e. The van der Waals surface area contributed by atoms with Crippen LogP contribution in [-0.2, 0) is 9.59 Å². The van der Waals surface area contributed by atoms with Crippen LogP contribution in [0.25, 0.3) is 0 Å². The number of hydrogen-bond acceptors (Lipinski definition) is 3. The van der Waals surface area contributed by atoms with Crippen LogP contribution in [0.3, 0.4) is 0 Å². The van der Waals surface area contributed by atoms with Crippen molar-refractivity contribution in [1.29, 1.82) is 0 Å². The summed E-state index contributed by atoms with van der Waals surface area (Å²) >= 11 is 0. The molecule has 0 aliphatic rings. The molecule has 21 heavy (non-hydrogen) atoms. The minimum atomic E-state index is -1.19. The second-order valence-corrected chi connectivity index (χ2v) is 5.36. The van der Waals surface area contributed by atoms with Gasteiger partial charge in [-0.25, -0.2) is 0 Å². The van der Waals surface area contributed by atoms with Crippen LogP contribution in [0.15, 0.2) is 0 Å². The second kappa shape index (κ2) is 16.9. The number of aliphatic carboxylic acids is 1. The first-order valence-electron chi connectivity index (χ1n) is 8.09. The molecular weight excluding hydrogens is 293 g/mol. The summed E-state index contributed by atoms with van der Waals surface area (Å²) in [5, 5.41) is 10.5. The van der Waals surface area contributed by atoms with Crippen LogP contribution in [0.1, 0.15) is 78.1 Å². The Kier molecular flexibility index (Phi) is 19.2. The number of likely N-dealkylation sites (N-methyl/N-ethyl adjacent to an activating group) is 1. The predicted molar refractivity (Wildman–Crippen MR) is 79.1 cm³/mol. The monoisotopic (exact) mass is 323 g/mol. The molecule has 0 N–H and O–H groups in total. The molecule has 0 aromatic heterocycles. The molecular formula is C16H30KNO3. The average molecular weight is 324 g/mol. The van der Waals surface area contributed by atoms with Gasteiger partial charge in [0.15, 0.2) is 0 Å². The summed E-state index contributed by atoms with van der Waals surface area (Å²) in [5.74, 6) is -1.26. The van der Waals surface area contributed by atoms with Crippen molar-refractivity contribution in [2.75, 3.05) is 13.1 Å². The van der Waals surface area contributed by atoms with E-state index in [4.69, 9.17) is 0 Å². The Bertz CT molecular complexity index is 272. The predicted octanol–water partition coefficient (Wildman–Crippen LogP) is -0.490. The van der Waals surface area contributed by atoms with Crippen molar-refractivity contribution < 1.29 is 66.1 Å². The van der Waals surface area contributed by atoms with Gasteiger partial charge in [0.2, 0.25) is 5.91 Å². The van der Waals surface area contributed by atoms with Gasteiger partial charge < -0.3 is 14.8 Å². The molecule has 1 amide bonds. The van der Waals surface area contributed by atoms with E-state index < -0.39 is 5.97 Å². The Morgan fingerprint density at radius 1 is 0.857 bits per heavy atom. The summed E-state index contributed by atoms with van der Waals surface area (Å²) in [6.07, 6.45) is 11.4. The van der Waals surface area contributed by atoms with E-state index in [0.717, 1.165) is 12.8 Å². The fourth-order valence-electron chi connectivity index (χ4n) is 2.28. The van der Waals surface area contributed by atoms with E-state index in [-0.39, 0.29) is 63.8 Å². The van der Waals surface area contributed by atoms with Crippen LogP contribution in [0, 0.1) is 0 Å². The van der Waals surface area contributed by atoms with Gasteiger partial charge in [-0.3, -0.25) is 4.79 Å². The molecule has 118 valence electrons. The number of carbonyl (C=O) groups excluding carboxylic acids is 2. The molecule has 0 radical (unpaired) electrons. The number of amides is 1. The largest absolute Gasteiger partial charge is 1.00 e. The Morgan fingerprint density at radius 2 is 1.33 bits per heavy atom. The molecule has 0 aromatic carbocycles. The first-order chi connectivity index (χ1) is 9.61. The first-order valence-corrected chi connectivity index (χ1v) is 8.09. The quantitative estimate of drug-likeness (QED) is 0.339. The molecule has 5 heteroatoms. The van der Waals surface area contributed by atoms with Crippen LogP contribution in [-0.4, -0.2) is 29.9 Å². The zero-order chi connectivity index (χ0) is 15.2. The smallest absolute Gasteiger partial charge is 0.548 e. The minimum Gasteiger partial charge on any atom is -0.548 e. The average Bonchev–Trinajstić information content (AvgIpc) is 2.42. The minimum absolute atomic E-state index is 0. The van der Waals surface area contributed by atoms with Crippen LogP contribution in [0.5, 0.6) is 0 Å². The SMILES string of the molecule is CCCCCCCCCCCC(=O)N(CC)CC(=O)[O-].[K+]. The fourth-order valence-corrected chi connectivity index (χ4v) is 2.28. The third-order valence-electron chi connectivity index (χ3n) is 3.55. The summed E-state index contributed by atoms with van der Waals surface area (Å²) in [6, 6.07) is 0. The molecule has 0 fully saturated rings. The van der Waals surface area contributed by atoms with Gasteiger partial charge in [-0.15, -0.1) is 0 Å². The summed E-state index contributed by atoms with van der Waals surface area (Å²) in [5.41, 5.74) is 0.